The zero-order valence-corrected chi connectivity index (χ0v) is 15.6. The third-order valence-electron chi connectivity index (χ3n) is 4.14. The standard InChI is InChI=1S/C18H19F3O5S/c1-3-25-16(22)14-10-7-11-15(26-27(23,24)18(19,20)21)17(14,2)12-13-8-5-4-6-9-13/h4-6,8-11H,3,7,12H2,1-2H3/t17-/m0/s1. The number of hydrogen-bond acceptors (Lipinski definition) is 5. The summed E-state index contributed by atoms with van der Waals surface area (Å²) in [6, 6.07) is 8.66. The minimum absolute atomic E-state index is 0.0429. The zero-order chi connectivity index (χ0) is 20.3. The molecule has 0 fully saturated rings. The lowest BCUT2D eigenvalue weighted by Gasteiger charge is -2.35. The molecular weight excluding hydrogens is 385 g/mol. The monoisotopic (exact) mass is 404 g/mol. The SMILES string of the molecule is CCOC(=O)C1=CCC=C(OS(=O)(=O)C(F)(F)F)[C@@]1(C)Cc1ccccc1. The van der Waals surface area contributed by atoms with E-state index in [0.717, 1.165) is 0 Å². The van der Waals surface area contributed by atoms with Crippen LogP contribution in [0.3, 0.4) is 0 Å². The van der Waals surface area contributed by atoms with Gasteiger partial charge in [0, 0.05) is 5.57 Å². The van der Waals surface area contributed by atoms with E-state index in [1.54, 1.807) is 37.3 Å². The summed E-state index contributed by atoms with van der Waals surface area (Å²) in [5.74, 6) is -1.18. The van der Waals surface area contributed by atoms with Crippen LogP contribution in [0.1, 0.15) is 25.8 Å². The highest BCUT2D eigenvalue weighted by molar-refractivity contribution is 7.87. The van der Waals surface area contributed by atoms with Crippen LogP contribution in [0.4, 0.5) is 13.2 Å². The maximum absolute atomic E-state index is 12.8. The largest absolute Gasteiger partial charge is 0.534 e. The number of carbonyl (C=O) groups is 1. The minimum atomic E-state index is -5.87. The van der Waals surface area contributed by atoms with E-state index in [0.29, 0.717) is 5.56 Å². The van der Waals surface area contributed by atoms with Gasteiger partial charge in [-0.1, -0.05) is 36.4 Å². The Morgan fingerprint density at radius 3 is 2.37 bits per heavy atom. The van der Waals surface area contributed by atoms with Crippen LogP contribution >= 0.6 is 0 Å². The molecule has 0 amide bonds. The summed E-state index contributed by atoms with van der Waals surface area (Å²) in [6.45, 7) is 3.12. The molecule has 0 saturated heterocycles. The van der Waals surface area contributed by atoms with Gasteiger partial charge in [-0.25, -0.2) is 4.79 Å². The van der Waals surface area contributed by atoms with Gasteiger partial charge in [0.1, 0.15) is 5.76 Å². The predicted octanol–water partition coefficient (Wildman–Crippen LogP) is 3.88. The molecule has 0 aliphatic heterocycles. The van der Waals surface area contributed by atoms with Gasteiger partial charge in [-0.05, 0) is 38.3 Å². The molecule has 1 aliphatic carbocycles. The van der Waals surface area contributed by atoms with Gasteiger partial charge in [0.05, 0.1) is 12.0 Å². The molecule has 0 radical (unpaired) electrons. The smallest absolute Gasteiger partial charge is 0.463 e. The Balaban J connectivity index is 2.48. The number of hydrogen-bond donors (Lipinski definition) is 0. The average Bonchev–Trinajstić information content (AvgIpc) is 2.56. The lowest BCUT2D eigenvalue weighted by molar-refractivity contribution is -0.139. The Bertz CT molecular complexity index is 857. The van der Waals surface area contributed by atoms with Crippen molar-refractivity contribution in [3.8, 4) is 0 Å². The molecule has 0 aromatic heterocycles. The fourth-order valence-corrected chi connectivity index (χ4v) is 3.45. The molecule has 9 heteroatoms. The van der Waals surface area contributed by atoms with Crippen LogP contribution in [-0.2, 0) is 30.3 Å². The molecule has 2 rings (SSSR count). The van der Waals surface area contributed by atoms with E-state index < -0.39 is 32.8 Å². The first-order valence-electron chi connectivity index (χ1n) is 8.14. The van der Waals surface area contributed by atoms with Crippen molar-refractivity contribution >= 4 is 16.1 Å². The van der Waals surface area contributed by atoms with Crippen molar-refractivity contribution < 1.29 is 35.3 Å². The van der Waals surface area contributed by atoms with E-state index in [1.807, 2.05) is 0 Å². The van der Waals surface area contributed by atoms with Crippen molar-refractivity contribution in [2.45, 2.75) is 32.2 Å². The molecule has 0 N–H and O–H groups in total. The summed E-state index contributed by atoms with van der Waals surface area (Å²) >= 11 is 0. The highest BCUT2D eigenvalue weighted by Gasteiger charge is 2.52. The maximum Gasteiger partial charge on any atom is 0.534 e. The lowest BCUT2D eigenvalue weighted by Crippen LogP contribution is -2.36. The normalized spacial score (nSPS) is 20.5. The van der Waals surface area contributed by atoms with Crippen molar-refractivity contribution in [2.24, 2.45) is 5.41 Å². The minimum Gasteiger partial charge on any atom is -0.463 e. The Kier molecular flexibility index (Phi) is 6.04. The average molecular weight is 404 g/mol. The van der Waals surface area contributed by atoms with Gasteiger partial charge in [0.2, 0.25) is 0 Å². The Morgan fingerprint density at radius 2 is 1.81 bits per heavy atom. The number of benzene rings is 1. The second-order valence-electron chi connectivity index (χ2n) is 6.12. The molecule has 0 unspecified atom stereocenters. The second-order valence-corrected chi connectivity index (χ2v) is 7.66. The van der Waals surface area contributed by atoms with Gasteiger partial charge in [0.15, 0.2) is 0 Å². The summed E-state index contributed by atoms with van der Waals surface area (Å²) in [5.41, 5.74) is -6.27. The Labute approximate surface area is 155 Å². The van der Waals surface area contributed by atoms with Crippen LogP contribution in [0.25, 0.3) is 0 Å². The van der Waals surface area contributed by atoms with Crippen LogP contribution < -0.4 is 0 Å². The Hall–Kier alpha value is -2.29. The van der Waals surface area contributed by atoms with E-state index in [4.69, 9.17) is 4.74 Å². The van der Waals surface area contributed by atoms with Crippen LogP contribution in [0.15, 0.2) is 53.8 Å². The third kappa shape index (κ3) is 4.52. The van der Waals surface area contributed by atoms with Crippen molar-refractivity contribution in [3.05, 3.63) is 59.4 Å². The summed E-state index contributed by atoms with van der Waals surface area (Å²) in [6.07, 6.45) is 2.84. The molecule has 5 nitrogen and oxygen atoms in total. The van der Waals surface area contributed by atoms with Gasteiger partial charge in [-0.15, -0.1) is 0 Å². The molecule has 1 aromatic rings. The third-order valence-corrected chi connectivity index (χ3v) is 5.11. The van der Waals surface area contributed by atoms with Crippen LogP contribution in [0.2, 0.25) is 0 Å². The van der Waals surface area contributed by atoms with E-state index in [-0.39, 0.29) is 25.0 Å². The van der Waals surface area contributed by atoms with Gasteiger partial charge >= 0.3 is 21.6 Å². The molecule has 27 heavy (non-hydrogen) atoms. The predicted molar refractivity (Wildman–Crippen MR) is 91.7 cm³/mol. The summed E-state index contributed by atoms with van der Waals surface area (Å²) in [5, 5.41) is 0. The van der Waals surface area contributed by atoms with Crippen molar-refractivity contribution in [1.29, 1.82) is 0 Å². The second kappa shape index (κ2) is 7.75. The molecule has 1 atom stereocenters. The number of alkyl halides is 3. The fraction of sp³-hybridized carbons (Fsp3) is 0.389. The van der Waals surface area contributed by atoms with Crippen molar-refractivity contribution in [2.75, 3.05) is 6.61 Å². The van der Waals surface area contributed by atoms with Gasteiger partial charge in [-0.2, -0.15) is 21.6 Å². The zero-order valence-electron chi connectivity index (χ0n) is 14.7. The van der Waals surface area contributed by atoms with Crippen molar-refractivity contribution in [1.82, 2.24) is 0 Å². The molecule has 1 aliphatic rings. The Morgan fingerprint density at radius 1 is 1.19 bits per heavy atom. The van der Waals surface area contributed by atoms with E-state index >= 15 is 0 Å². The van der Waals surface area contributed by atoms with Crippen LogP contribution in [-0.4, -0.2) is 26.5 Å². The van der Waals surface area contributed by atoms with E-state index in [1.165, 1.54) is 19.1 Å². The molecule has 0 spiro atoms. The van der Waals surface area contributed by atoms with Gasteiger partial charge in [-0.3, -0.25) is 0 Å². The van der Waals surface area contributed by atoms with Crippen LogP contribution in [0, 0.1) is 5.41 Å². The van der Waals surface area contributed by atoms with Crippen molar-refractivity contribution in [3.63, 3.8) is 0 Å². The summed E-state index contributed by atoms with van der Waals surface area (Å²) < 4.78 is 70.9. The molecule has 0 bridgehead atoms. The number of ether oxygens (including phenoxy) is 1. The fourth-order valence-electron chi connectivity index (χ4n) is 2.86. The molecular formula is C18H19F3O5S. The molecule has 0 saturated carbocycles. The highest BCUT2D eigenvalue weighted by atomic mass is 32.2. The number of carbonyl (C=O) groups excluding carboxylic acids is 1. The number of allylic oxidation sites excluding steroid dienone is 3. The first kappa shape index (κ1) is 21.0. The maximum atomic E-state index is 12.8. The van der Waals surface area contributed by atoms with Gasteiger partial charge in [0.25, 0.3) is 0 Å². The van der Waals surface area contributed by atoms with Gasteiger partial charge < -0.3 is 8.92 Å². The molecule has 1 aromatic carbocycles. The molecule has 148 valence electrons. The number of esters is 1. The number of halogens is 3. The van der Waals surface area contributed by atoms with Crippen LogP contribution in [0.5, 0.6) is 0 Å². The summed E-state index contributed by atoms with van der Waals surface area (Å²) in [7, 11) is -5.87. The molecule has 0 heterocycles. The first-order valence-corrected chi connectivity index (χ1v) is 9.55. The lowest BCUT2D eigenvalue weighted by atomic mass is 9.72. The highest BCUT2D eigenvalue weighted by Crippen LogP contribution is 2.45. The van der Waals surface area contributed by atoms with E-state index in [9.17, 15) is 26.4 Å². The number of rotatable bonds is 6. The quantitative estimate of drug-likeness (QED) is 0.409. The van der Waals surface area contributed by atoms with E-state index in [2.05, 4.69) is 4.18 Å². The topological polar surface area (TPSA) is 69.7 Å². The summed E-state index contributed by atoms with van der Waals surface area (Å²) in [4.78, 5) is 12.4. The first-order chi connectivity index (χ1) is 12.5.